The van der Waals surface area contributed by atoms with Crippen molar-refractivity contribution < 1.29 is 24.5 Å². The molecule has 0 aliphatic heterocycles. The minimum Gasteiger partial charge on any atom is -0.507 e. The predicted octanol–water partition coefficient (Wildman–Crippen LogP) is 3.07. The third kappa shape index (κ3) is 3.17. The number of carbonyl (C=O) groups is 1. The Morgan fingerprint density at radius 1 is 1.40 bits per heavy atom. The maximum Gasteiger partial charge on any atom is 0.333 e. The second-order valence-electron chi connectivity index (χ2n) is 4.82. The van der Waals surface area contributed by atoms with Gasteiger partial charge in [0.15, 0.2) is 0 Å². The Morgan fingerprint density at radius 3 is 2.40 bits per heavy atom. The first-order valence-corrected chi connectivity index (χ1v) is 6.87. The summed E-state index contributed by atoms with van der Waals surface area (Å²) in [7, 11) is 1.40. The van der Waals surface area contributed by atoms with Crippen LogP contribution < -0.4 is 4.74 Å². The van der Waals surface area contributed by atoms with E-state index in [0.29, 0.717) is 0 Å². The van der Waals surface area contributed by atoms with Gasteiger partial charge in [-0.25, -0.2) is 4.79 Å². The maximum absolute atomic E-state index is 11.7. The van der Waals surface area contributed by atoms with Crippen molar-refractivity contribution in [2.45, 2.75) is 26.4 Å². The quantitative estimate of drug-likeness (QED) is 0.468. The summed E-state index contributed by atoms with van der Waals surface area (Å²) in [5, 5.41) is 19.9. The van der Waals surface area contributed by atoms with Crippen LogP contribution in [0.3, 0.4) is 0 Å². The predicted molar refractivity (Wildman–Crippen MR) is 83.0 cm³/mol. The number of aromatic hydroxyl groups is 2. The van der Waals surface area contributed by atoms with Gasteiger partial charge in [-0.15, -0.1) is 0 Å². The molecule has 0 amide bonds. The summed E-state index contributed by atoms with van der Waals surface area (Å²) in [6, 6.07) is 1.37. The van der Waals surface area contributed by atoms with Crippen molar-refractivity contribution in [3.8, 4) is 17.2 Å². The van der Waals surface area contributed by atoms with E-state index in [9.17, 15) is 15.0 Å². The fourth-order valence-electron chi connectivity index (χ4n) is 1.72. The lowest BCUT2D eigenvalue weighted by Crippen LogP contribution is -2.27. The Bertz CT molecular complexity index is 563. The SMILES string of the molecule is C=C(C)C(=O)OC(C)(C)c1c(OC)cc(O)c(I)c1O. The number of ether oxygens (including phenoxy) is 2. The molecule has 0 aromatic heterocycles. The number of esters is 1. The van der Waals surface area contributed by atoms with Gasteiger partial charge in [0.25, 0.3) is 0 Å². The number of halogens is 1. The molecule has 0 aliphatic rings. The monoisotopic (exact) mass is 392 g/mol. The fraction of sp³-hybridized carbons (Fsp3) is 0.357. The van der Waals surface area contributed by atoms with Gasteiger partial charge >= 0.3 is 5.97 Å². The highest BCUT2D eigenvalue weighted by atomic mass is 127. The van der Waals surface area contributed by atoms with Gasteiger partial charge in [-0.3, -0.25) is 0 Å². The van der Waals surface area contributed by atoms with Crippen LogP contribution in [0.4, 0.5) is 0 Å². The molecule has 0 saturated carbocycles. The molecule has 5 nitrogen and oxygen atoms in total. The number of carbonyl (C=O) groups excluding carboxylic acids is 1. The second kappa shape index (κ2) is 5.90. The standard InChI is InChI=1S/C14H17IO5/c1-7(2)13(18)20-14(3,4)10-9(19-5)6-8(16)11(15)12(10)17/h6,16-17H,1H2,2-5H3. The summed E-state index contributed by atoms with van der Waals surface area (Å²) in [5.41, 5.74) is -0.596. The van der Waals surface area contributed by atoms with Crippen LogP contribution >= 0.6 is 22.6 Å². The molecule has 0 spiro atoms. The normalized spacial score (nSPS) is 11.1. The number of phenolic OH excluding ortho intramolecular Hbond substituents is 2. The van der Waals surface area contributed by atoms with E-state index in [1.807, 2.05) is 0 Å². The van der Waals surface area contributed by atoms with Crippen molar-refractivity contribution in [2.75, 3.05) is 7.11 Å². The number of hydrogen-bond donors (Lipinski definition) is 2. The van der Waals surface area contributed by atoms with Crippen molar-refractivity contribution in [3.05, 3.63) is 27.4 Å². The molecule has 0 aliphatic carbocycles. The van der Waals surface area contributed by atoms with E-state index in [-0.39, 0.29) is 32.0 Å². The van der Waals surface area contributed by atoms with Gasteiger partial charge in [0.1, 0.15) is 22.8 Å². The van der Waals surface area contributed by atoms with Crippen molar-refractivity contribution in [1.82, 2.24) is 0 Å². The smallest absolute Gasteiger partial charge is 0.333 e. The minimum absolute atomic E-state index is 0.106. The lowest BCUT2D eigenvalue weighted by molar-refractivity contribution is -0.152. The largest absolute Gasteiger partial charge is 0.507 e. The Kier molecular flexibility index (Phi) is 4.90. The molecule has 1 aromatic carbocycles. The summed E-state index contributed by atoms with van der Waals surface area (Å²) in [5.74, 6) is -0.618. The Labute approximate surface area is 131 Å². The first-order chi connectivity index (χ1) is 9.11. The van der Waals surface area contributed by atoms with Crippen molar-refractivity contribution in [1.29, 1.82) is 0 Å². The van der Waals surface area contributed by atoms with Crippen molar-refractivity contribution in [3.63, 3.8) is 0 Å². The van der Waals surface area contributed by atoms with Gasteiger partial charge in [-0.2, -0.15) is 0 Å². The van der Waals surface area contributed by atoms with E-state index >= 15 is 0 Å². The first kappa shape index (κ1) is 16.6. The highest BCUT2D eigenvalue weighted by molar-refractivity contribution is 14.1. The molecular weight excluding hydrogens is 375 g/mol. The van der Waals surface area contributed by atoms with E-state index in [4.69, 9.17) is 9.47 Å². The van der Waals surface area contributed by atoms with Crippen molar-refractivity contribution >= 4 is 28.6 Å². The van der Waals surface area contributed by atoms with Crippen molar-refractivity contribution in [2.24, 2.45) is 0 Å². The van der Waals surface area contributed by atoms with Gasteiger partial charge in [0, 0.05) is 11.6 Å². The number of hydrogen-bond acceptors (Lipinski definition) is 5. The molecule has 0 bridgehead atoms. The molecule has 1 aromatic rings. The molecule has 0 unspecified atom stereocenters. The summed E-state index contributed by atoms with van der Waals surface area (Å²) in [6.45, 7) is 8.30. The lowest BCUT2D eigenvalue weighted by Gasteiger charge is -2.28. The number of phenols is 2. The van der Waals surface area contributed by atoms with E-state index in [1.54, 1.807) is 36.4 Å². The molecule has 6 heteroatoms. The summed E-state index contributed by atoms with van der Waals surface area (Å²) < 4.78 is 10.8. The summed E-state index contributed by atoms with van der Waals surface area (Å²) in [4.78, 5) is 11.7. The zero-order chi connectivity index (χ0) is 15.7. The molecule has 0 radical (unpaired) electrons. The summed E-state index contributed by atoms with van der Waals surface area (Å²) in [6.07, 6.45) is 0. The molecular formula is C14H17IO5. The molecule has 0 saturated heterocycles. The maximum atomic E-state index is 11.7. The van der Waals surface area contributed by atoms with Crippen LogP contribution in [0.15, 0.2) is 18.2 Å². The zero-order valence-electron chi connectivity index (χ0n) is 11.8. The molecule has 20 heavy (non-hydrogen) atoms. The average Bonchev–Trinajstić information content (AvgIpc) is 2.34. The molecule has 2 N–H and O–H groups in total. The molecule has 0 fully saturated rings. The van der Waals surface area contributed by atoms with Crippen LogP contribution in [-0.2, 0) is 15.1 Å². The lowest BCUT2D eigenvalue weighted by atomic mass is 9.95. The molecule has 0 heterocycles. The van der Waals surface area contributed by atoms with Gasteiger partial charge in [-0.1, -0.05) is 6.58 Å². The number of methoxy groups -OCH3 is 1. The Hall–Kier alpha value is -1.44. The van der Waals surface area contributed by atoms with E-state index in [0.717, 1.165) is 0 Å². The fourth-order valence-corrected chi connectivity index (χ4v) is 2.15. The van der Waals surface area contributed by atoms with Gasteiger partial charge < -0.3 is 19.7 Å². The van der Waals surface area contributed by atoms with E-state index in [2.05, 4.69) is 6.58 Å². The van der Waals surface area contributed by atoms with Gasteiger partial charge in [-0.05, 0) is 43.4 Å². The van der Waals surface area contributed by atoms with Crippen LogP contribution in [0.25, 0.3) is 0 Å². The minimum atomic E-state index is -1.14. The Balaban J connectivity index is 3.40. The second-order valence-corrected chi connectivity index (χ2v) is 5.89. The topological polar surface area (TPSA) is 76.0 Å². The Morgan fingerprint density at radius 2 is 1.95 bits per heavy atom. The first-order valence-electron chi connectivity index (χ1n) is 5.79. The van der Waals surface area contributed by atoms with E-state index in [1.165, 1.54) is 20.1 Å². The molecule has 0 atom stereocenters. The average molecular weight is 392 g/mol. The van der Waals surface area contributed by atoms with Crippen LogP contribution in [0.1, 0.15) is 26.3 Å². The highest BCUT2D eigenvalue weighted by Crippen LogP contribution is 2.45. The van der Waals surface area contributed by atoms with Crippen LogP contribution in [0.5, 0.6) is 17.2 Å². The third-order valence-electron chi connectivity index (χ3n) is 2.70. The van der Waals surface area contributed by atoms with Crippen LogP contribution in [0, 0.1) is 3.57 Å². The van der Waals surface area contributed by atoms with Crippen LogP contribution in [0.2, 0.25) is 0 Å². The third-order valence-corrected chi connectivity index (χ3v) is 3.77. The van der Waals surface area contributed by atoms with E-state index < -0.39 is 11.6 Å². The zero-order valence-corrected chi connectivity index (χ0v) is 13.9. The molecule has 1 rings (SSSR count). The van der Waals surface area contributed by atoms with Gasteiger partial charge in [0.05, 0.1) is 16.2 Å². The van der Waals surface area contributed by atoms with Gasteiger partial charge in [0.2, 0.25) is 0 Å². The van der Waals surface area contributed by atoms with Crippen LogP contribution in [-0.4, -0.2) is 23.3 Å². The molecule has 110 valence electrons. The summed E-state index contributed by atoms with van der Waals surface area (Å²) >= 11 is 1.80. The number of rotatable bonds is 4. The highest BCUT2D eigenvalue weighted by Gasteiger charge is 2.34. The number of benzene rings is 1.